The first-order valence-corrected chi connectivity index (χ1v) is 20.0. The van der Waals surface area contributed by atoms with Gasteiger partial charge in [-0.25, -0.2) is 19.2 Å². The highest BCUT2D eigenvalue weighted by Crippen LogP contribution is 2.25. The SMILES string of the molecule is CCCC[C@@H](CC)COC(=O)c1cc(C(=O)OC[C@H](CC)CCCC)c(C(=O)OC[C@@H](CC)CCCC)cc1C(=O)OC[C@H](CC)CCCC. The van der Waals surface area contributed by atoms with Crippen LogP contribution in [-0.4, -0.2) is 50.3 Å². The van der Waals surface area contributed by atoms with Crippen molar-refractivity contribution in [2.45, 2.75) is 158 Å². The Morgan fingerprint density at radius 3 is 0.760 bits per heavy atom. The van der Waals surface area contributed by atoms with Gasteiger partial charge in [0.2, 0.25) is 0 Å². The van der Waals surface area contributed by atoms with Crippen molar-refractivity contribution in [3.8, 4) is 0 Å². The number of carbonyl (C=O) groups is 4. The molecule has 1 aromatic carbocycles. The number of unbranched alkanes of at least 4 members (excludes halogenated alkanes) is 4. The third-order valence-electron chi connectivity index (χ3n) is 10.0. The number of esters is 4. The molecule has 0 aliphatic carbocycles. The number of ether oxygens (including phenoxy) is 4. The summed E-state index contributed by atoms with van der Waals surface area (Å²) in [5.41, 5.74) is -0.452. The smallest absolute Gasteiger partial charge is 0.339 e. The fourth-order valence-electron chi connectivity index (χ4n) is 5.95. The topological polar surface area (TPSA) is 105 Å². The molecule has 8 nitrogen and oxygen atoms in total. The van der Waals surface area contributed by atoms with E-state index in [1.807, 2.05) is 0 Å². The van der Waals surface area contributed by atoms with E-state index in [-0.39, 0.29) is 72.4 Å². The van der Waals surface area contributed by atoms with Crippen LogP contribution in [0.4, 0.5) is 0 Å². The minimum absolute atomic E-state index is 0.113. The molecule has 0 saturated heterocycles. The summed E-state index contributed by atoms with van der Waals surface area (Å²) in [6, 6.07) is 2.56. The maximum absolute atomic E-state index is 13.7. The van der Waals surface area contributed by atoms with Crippen molar-refractivity contribution in [1.29, 1.82) is 0 Å². The summed E-state index contributed by atoms with van der Waals surface area (Å²) >= 11 is 0. The van der Waals surface area contributed by atoms with Crippen molar-refractivity contribution in [3.05, 3.63) is 34.4 Å². The van der Waals surface area contributed by atoms with E-state index in [0.29, 0.717) is 0 Å². The molecule has 8 heteroatoms. The van der Waals surface area contributed by atoms with Gasteiger partial charge >= 0.3 is 23.9 Å². The number of carbonyl (C=O) groups excluding carboxylic acids is 4. The lowest BCUT2D eigenvalue weighted by Gasteiger charge is -2.20. The van der Waals surface area contributed by atoms with Gasteiger partial charge in [0.1, 0.15) is 0 Å². The summed E-state index contributed by atoms with van der Waals surface area (Å²) in [4.78, 5) is 55.0. The van der Waals surface area contributed by atoms with E-state index in [4.69, 9.17) is 18.9 Å². The van der Waals surface area contributed by atoms with Gasteiger partial charge in [0.05, 0.1) is 48.7 Å². The first kappa shape index (κ1) is 45.1. The van der Waals surface area contributed by atoms with Crippen molar-refractivity contribution in [2.75, 3.05) is 26.4 Å². The monoisotopic (exact) mass is 703 g/mol. The van der Waals surface area contributed by atoms with Crippen LogP contribution in [0.25, 0.3) is 0 Å². The van der Waals surface area contributed by atoms with E-state index in [9.17, 15) is 19.2 Å². The van der Waals surface area contributed by atoms with Crippen LogP contribution >= 0.6 is 0 Å². The Morgan fingerprint density at radius 1 is 0.400 bits per heavy atom. The lowest BCUT2D eigenvalue weighted by molar-refractivity contribution is 0.0365. The number of hydrogen-bond acceptors (Lipinski definition) is 8. The zero-order valence-corrected chi connectivity index (χ0v) is 32.9. The van der Waals surface area contributed by atoms with Crippen LogP contribution in [0.3, 0.4) is 0 Å². The molecule has 0 bridgehead atoms. The van der Waals surface area contributed by atoms with Gasteiger partial charge in [0.15, 0.2) is 0 Å². The van der Waals surface area contributed by atoms with Gasteiger partial charge in [-0.05, 0) is 61.5 Å². The van der Waals surface area contributed by atoms with Gasteiger partial charge in [-0.1, -0.05) is 132 Å². The van der Waals surface area contributed by atoms with Gasteiger partial charge < -0.3 is 18.9 Å². The van der Waals surface area contributed by atoms with E-state index in [1.165, 1.54) is 12.1 Å². The van der Waals surface area contributed by atoms with Crippen molar-refractivity contribution >= 4 is 23.9 Å². The first-order valence-electron chi connectivity index (χ1n) is 20.0. The summed E-state index contributed by atoms with van der Waals surface area (Å²) in [5, 5.41) is 0. The van der Waals surface area contributed by atoms with E-state index in [2.05, 4.69) is 55.4 Å². The third kappa shape index (κ3) is 16.4. The molecule has 0 unspecified atom stereocenters. The fraction of sp³-hybridized carbons (Fsp3) is 0.762. The predicted octanol–water partition coefficient (Wildman–Crippen LogP) is 11.2. The van der Waals surface area contributed by atoms with Crippen LogP contribution < -0.4 is 0 Å². The number of hydrogen-bond donors (Lipinski definition) is 0. The average molecular weight is 703 g/mol. The predicted molar refractivity (Wildman–Crippen MR) is 201 cm³/mol. The molecule has 0 spiro atoms. The van der Waals surface area contributed by atoms with Crippen LogP contribution in [0, 0.1) is 23.7 Å². The quantitative estimate of drug-likeness (QED) is 0.0627. The van der Waals surface area contributed by atoms with Crippen LogP contribution in [0.5, 0.6) is 0 Å². The fourth-order valence-corrected chi connectivity index (χ4v) is 5.95. The first-order chi connectivity index (χ1) is 24.1. The second-order valence-electron chi connectivity index (χ2n) is 14.0. The van der Waals surface area contributed by atoms with Gasteiger partial charge in [0, 0.05) is 0 Å². The molecule has 0 N–H and O–H groups in total. The Kier molecular flexibility index (Phi) is 24.2. The molecule has 286 valence electrons. The molecule has 0 aliphatic heterocycles. The molecule has 1 aromatic rings. The largest absolute Gasteiger partial charge is 0.462 e. The maximum Gasteiger partial charge on any atom is 0.339 e. The number of benzene rings is 1. The second kappa shape index (κ2) is 26.8. The Labute approximate surface area is 304 Å². The highest BCUT2D eigenvalue weighted by atomic mass is 16.5. The molecule has 0 radical (unpaired) electrons. The molecule has 0 fully saturated rings. The Bertz CT molecular complexity index is 959. The molecule has 0 amide bonds. The normalized spacial score (nSPS) is 13.6. The lowest BCUT2D eigenvalue weighted by atomic mass is 9.96. The number of rotatable bonds is 28. The Morgan fingerprint density at radius 2 is 0.600 bits per heavy atom. The summed E-state index contributed by atoms with van der Waals surface area (Å²) in [6.45, 7) is 17.5. The molecule has 0 saturated carbocycles. The lowest BCUT2D eigenvalue weighted by Crippen LogP contribution is -2.24. The van der Waals surface area contributed by atoms with E-state index < -0.39 is 23.9 Å². The zero-order valence-electron chi connectivity index (χ0n) is 32.9. The minimum Gasteiger partial charge on any atom is -0.462 e. The van der Waals surface area contributed by atoms with Crippen molar-refractivity contribution in [1.82, 2.24) is 0 Å². The summed E-state index contributed by atoms with van der Waals surface area (Å²) in [5.74, 6) is -2.26. The van der Waals surface area contributed by atoms with Crippen molar-refractivity contribution < 1.29 is 38.1 Å². The minimum atomic E-state index is -0.737. The molecule has 0 heterocycles. The highest BCUT2D eigenvalue weighted by molar-refractivity contribution is 6.10. The van der Waals surface area contributed by atoms with Gasteiger partial charge in [-0.15, -0.1) is 0 Å². The highest BCUT2D eigenvalue weighted by Gasteiger charge is 2.30. The average Bonchev–Trinajstić information content (AvgIpc) is 3.14. The summed E-state index contributed by atoms with van der Waals surface area (Å²) in [7, 11) is 0. The van der Waals surface area contributed by atoms with E-state index in [0.717, 1.165) is 103 Å². The van der Waals surface area contributed by atoms with Crippen molar-refractivity contribution in [2.24, 2.45) is 23.7 Å². The molecular formula is C42H70O8. The summed E-state index contributed by atoms with van der Waals surface area (Å²) < 4.78 is 23.1. The van der Waals surface area contributed by atoms with Gasteiger partial charge in [-0.2, -0.15) is 0 Å². The molecule has 50 heavy (non-hydrogen) atoms. The van der Waals surface area contributed by atoms with Crippen LogP contribution in [0.2, 0.25) is 0 Å². The van der Waals surface area contributed by atoms with Gasteiger partial charge in [-0.3, -0.25) is 0 Å². The Hall–Kier alpha value is -2.90. The van der Waals surface area contributed by atoms with Crippen LogP contribution in [0.1, 0.15) is 200 Å². The molecule has 0 aliphatic rings. The molecular weight excluding hydrogens is 632 g/mol. The zero-order chi connectivity index (χ0) is 37.3. The van der Waals surface area contributed by atoms with Crippen LogP contribution in [-0.2, 0) is 18.9 Å². The maximum atomic E-state index is 13.7. The third-order valence-corrected chi connectivity index (χ3v) is 10.0. The van der Waals surface area contributed by atoms with Crippen molar-refractivity contribution in [3.63, 3.8) is 0 Å². The van der Waals surface area contributed by atoms with Crippen LogP contribution in [0.15, 0.2) is 12.1 Å². The van der Waals surface area contributed by atoms with Gasteiger partial charge in [0.25, 0.3) is 0 Å². The molecule has 1 rings (SSSR count). The molecule has 0 aromatic heterocycles. The second-order valence-corrected chi connectivity index (χ2v) is 14.0. The van der Waals surface area contributed by atoms with E-state index in [1.54, 1.807) is 0 Å². The Balaban J connectivity index is 3.65. The molecule has 4 atom stereocenters. The summed E-state index contributed by atoms with van der Waals surface area (Å²) in [6.07, 6.45) is 15.3. The van der Waals surface area contributed by atoms with E-state index >= 15 is 0 Å². The standard InChI is InChI=1S/C42H70O8/c1-9-17-21-31(13-5)27-47-39(43)35-25-37(41(45)49-29-33(15-7)23-19-11-3)38(42(46)50-30-34(16-8)24-20-12-4)26-36(35)40(44)48-28-32(14-6)22-18-10-2/h25-26,31-34H,9-24,27-30H2,1-8H3/t31-,32-,33-,34+/m1/s1.